The van der Waals surface area contributed by atoms with Crippen molar-refractivity contribution in [2.45, 2.75) is 37.5 Å². The lowest BCUT2D eigenvalue weighted by molar-refractivity contribution is 0.0976. The summed E-state index contributed by atoms with van der Waals surface area (Å²) in [5.74, 6) is 0. The van der Waals surface area contributed by atoms with Crippen molar-refractivity contribution in [3.8, 4) is 0 Å². The Morgan fingerprint density at radius 3 is 2.33 bits per heavy atom. The van der Waals surface area contributed by atoms with E-state index in [1.165, 1.54) is 0 Å². The number of aliphatic hydroxyl groups excluding tert-OH is 1. The molecule has 0 heterocycles. The quantitative estimate of drug-likeness (QED) is 0.401. The molecule has 0 saturated heterocycles. The maximum absolute atomic E-state index is 9.14. The van der Waals surface area contributed by atoms with E-state index < -0.39 is 0 Å². The fourth-order valence-electron chi connectivity index (χ4n) is 1.23. The highest BCUT2D eigenvalue weighted by molar-refractivity contribution is 4.86. The van der Waals surface area contributed by atoms with Crippen LogP contribution in [0.15, 0.2) is 0 Å². The third-order valence-corrected chi connectivity index (χ3v) is 1.98. The van der Waals surface area contributed by atoms with E-state index in [0.717, 1.165) is 19.3 Å². The second-order valence-corrected chi connectivity index (χ2v) is 2.74. The molecule has 0 aromatic heterocycles. The lowest BCUT2D eigenvalue weighted by Crippen LogP contribution is -2.51. The van der Waals surface area contributed by atoms with Crippen molar-refractivity contribution in [1.29, 1.82) is 0 Å². The Bertz CT molecular complexity index is 87.1. The molecule has 0 aliphatic heterocycles. The minimum Gasteiger partial charge on any atom is -0.391 e. The number of nitrogens with two attached hydrogens (primary N) is 2. The zero-order chi connectivity index (χ0) is 6.85. The highest BCUT2D eigenvalue weighted by atomic mass is 16.3. The molecule has 0 spiro atoms. The summed E-state index contributed by atoms with van der Waals surface area (Å²) in [6, 6.07) is -0.188. The fraction of sp³-hybridized carbons (Fsp3) is 1.00. The first-order valence-electron chi connectivity index (χ1n) is 3.41. The van der Waals surface area contributed by atoms with Crippen LogP contribution in [-0.4, -0.2) is 23.3 Å². The van der Waals surface area contributed by atoms with E-state index in [1.807, 2.05) is 0 Å². The van der Waals surface area contributed by atoms with E-state index in [1.54, 1.807) is 0 Å². The predicted molar refractivity (Wildman–Crippen MR) is 35.8 cm³/mol. The van der Waals surface area contributed by atoms with Crippen LogP contribution in [0.5, 0.6) is 0 Å². The molecule has 0 bridgehead atoms. The van der Waals surface area contributed by atoms with E-state index in [0.29, 0.717) is 0 Å². The molecule has 1 rings (SSSR count). The Morgan fingerprint density at radius 1 is 1.22 bits per heavy atom. The normalized spacial score (nSPS) is 45.0. The van der Waals surface area contributed by atoms with Gasteiger partial charge in [0.2, 0.25) is 0 Å². The van der Waals surface area contributed by atoms with Crippen molar-refractivity contribution in [3.05, 3.63) is 0 Å². The molecule has 3 heteroatoms. The van der Waals surface area contributed by atoms with Gasteiger partial charge in [-0.3, -0.25) is 0 Å². The highest BCUT2D eigenvalue weighted by Crippen LogP contribution is 2.15. The molecule has 0 aromatic carbocycles. The summed E-state index contributed by atoms with van der Waals surface area (Å²) in [5.41, 5.74) is 11.1. The number of aliphatic hydroxyl groups is 1. The average molecular weight is 130 g/mol. The van der Waals surface area contributed by atoms with Crippen LogP contribution in [0.4, 0.5) is 0 Å². The molecule has 3 nitrogen and oxygen atoms in total. The van der Waals surface area contributed by atoms with Crippen molar-refractivity contribution >= 4 is 0 Å². The first-order chi connectivity index (χ1) is 4.22. The van der Waals surface area contributed by atoms with E-state index in [2.05, 4.69) is 0 Å². The first kappa shape index (κ1) is 6.99. The molecular formula is C6H14N2O. The Kier molecular flexibility index (Phi) is 2.05. The van der Waals surface area contributed by atoms with Gasteiger partial charge in [-0.2, -0.15) is 0 Å². The van der Waals surface area contributed by atoms with Crippen LogP contribution in [0.3, 0.4) is 0 Å². The molecule has 0 aromatic rings. The molecule has 1 saturated carbocycles. The van der Waals surface area contributed by atoms with Gasteiger partial charge in [-0.15, -0.1) is 0 Å². The fourth-order valence-corrected chi connectivity index (χ4v) is 1.23. The summed E-state index contributed by atoms with van der Waals surface area (Å²) in [6.45, 7) is 0. The van der Waals surface area contributed by atoms with Gasteiger partial charge in [0.1, 0.15) is 0 Å². The molecular weight excluding hydrogens is 116 g/mol. The van der Waals surface area contributed by atoms with Crippen molar-refractivity contribution in [3.63, 3.8) is 0 Å². The van der Waals surface area contributed by atoms with Crippen LogP contribution in [0.2, 0.25) is 0 Å². The molecule has 0 radical (unpaired) electrons. The summed E-state index contributed by atoms with van der Waals surface area (Å²) in [5, 5.41) is 9.14. The van der Waals surface area contributed by atoms with Crippen LogP contribution in [-0.2, 0) is 0 Å². The van der Waals surface area contributed by atoms with Gasteiger partial charge in [0.15, 0.2) is 0 Å². The van der Waals surface area contributed by atoms with Crippen molar-refractivity contribution in [1.82, 2.24) is 0 Å². The second kappa shape index (κ2) is 2.64. The largest absolute Gasteiger partial charge is 0.391 e. The van der Waals surface area contributed by atoms with Gasteiger partial charge in [0, 0.05) is 12.1 Å². The smallest absolute Gasteiger partial charge is 0.0706 e. The number of rotatable bonds is 0. The Morgan fingerprint density at radius 2 is 1.89 bits per heavy atom. The SMILES string of the molecule is N[C@@H]1[C@H](N)CCC[C@H]1O. The summed E-state index contributed by atoms with van der Waals surface area (Å²) in [4.78, 5) is 0. The van der Waals surface area contributed by atoms with E-state index in [4.69, 9.17) is 16.6 Å². The van der Waals surface area contributed by atoms with Gasteiger partial charge in [0.05, 0.1) is 6.10 Å². The van der Waals surface area contributed by atoms with Crippen LogP contribution in [0.25, 0.3) is 0 Å². The van der Waals surface area contributed by atoms with Gasteiger partial charge in [-0.25, -0.2) is 0 Å². The summed E-state index contributed by atoms with van der Waals surface area (Å²) in [6.07, 6.45) is 2.41. The maximum atomic E-state index is 9.14. The van der Waals surface area contributed by atoms with Crippen LogP contribution in [0, 0.1) is 0 Å². The topological polar surface area (TPSA) is 72.3 Å². The van der Waals surface area contributed by atoms with Crippen LogP contribution >= 0.6 is 0 Å². The maximum Gasteiger partial charge on any atom is 0.0706 e. The zero-order valence-corrected chi connectivity index (χ0v) is 5.46. The number of hydrogen-bond donors (Lipinski definition) is 3. The Balaban J connectivity index is 2.41. The van der Waals surface area contributed by atoms with E-state index in [9.17, 15) is 0 Å². The molecule has 5 N–H and O–H groups in total. The van der Waals surface area contributed by atoms with Gasteiger partial charge in [-0.1, -0.05) is 0 Å². The summed E-state index contributed by atoms with van der Waals surface area (Å²) < 4.78 is 0. The lowest BCUT2D eigenvalue weighted by atomic mass is 9.89. The second-order valence-electron chi connectivity index (χ2n) is 2.74. The van der Waals surface area contributed by atoms with E-state index >= 15 is 0 Å². The molecule has 9 heavy (non-hydrogen) atoms. The highest BCUT2D eigenvalue weighted by Gasteiger charge is 2.25. The summed E-state index contributed by atoms with van der Waals surface area (Å²) >= 11 is 0. The number of hydrogen-bond acceptors (Lipinski definition) is 3. The third-order valence-electron chi connectivity index (χ3n) is 1.98. The minimum atomic E-state index is -0.367. The van der Waals surface area contributed by atoms with Gasteiger partial charge >= 0.3 is 0 Å². The van der Waals surface area contributed by atoms with Crippen molar-refractivity contribution in [2.24, 2.45) is 11.5 Å². The lowest BCUT2D eigenvalue weighted by Gasteiger charge is -2.29. The van der Waals surface area contributed by atoms with Crippen molar-refractivity contribution in [2.75, 3.05) is 0 Å². The monoisotopic (exact) mass is 130 g/mol. The van der Waals surface area contributed by atoms with Gasteiger partial charge in [-0.05, 0) is 19.3 Å². The Labute approximate surface area is 55.0 Å². The first-order valence-corrected chi connectivity index (χ1v) is 3.41. The minimum absolute atomic E-state index is 0.00810. The standard InChI is InChI=1S/C6H14N2O/c7-4-2-1-3-5(9)6(4)8/h4-6,9H,1-3,7-8H2/t4-,5-,6-/m1/s1. The van der Waals surface area contributed by atoms with Gasteiger partial charge in [0.25, 0.3) is 0 Å². The molecule has 1 aliphatic carbocycles. The van der Waals surface area contributed by atoms with Crippen LogP contribution < -0.4 is 11.5 Å². The third kappa shape index (κ3) is 1.41. The summed E-state index contributed by atoms with van der Waals surface area (Å²) in [7, 11) is 0. The average Bonchev–Trinajstić information content (AvgIpc) is 1.83. The van der Waals surface area contributed by atoms with Crippen LogP contribution in [0.1, 0.15) is 19.3 Å². The van der Waals surface area contributed by atoms with Crippen molar-refractivity contribution < 1.29 is 5.11 Å². The molecule has 0 unspecified atom stereocenters. The van der Waals surface area contributed by atoms with Gasteiger partial charge < -0.3 is 16.6 Å². The molecule has 0 amide bonds. The Hall–Kier alpha value is -0.120. The molecule has 54 valence electrons. The zero-order valence-electron chi connectivity index (χ0n) is 5.46. The molecule has 3 atom stereocenters. The van der Waals surface area contributed by atoms with E-state index in [-0.39, 0.29) is 18.2 Å². The molecule has 1 aliphatic rings. The predicted octanol–water partition coefficient (Wildman–Crippen LogP) is -0.814. The molecule has 1 fully saturated rings.